The number of fused-ring (bicyclic) bond motifs is 4. The molecule has 5 aromatic rings. The van der Waals surface area contributed by atoms with Crippen LogP contribution in [0.25, 0.3) is 21.5 Å². The van der Waals surface area contributed by atoms with Gasteiger partial charge in [0.15, 0.2) is 0 Å². The molecule has 0 spiro atoms. The molecule has 0 fully saturated rings. The van der Waals surface area contributed by atoms with E-state index in [9.17, 15) is 0 Å². The van der Waals surface area contributed by atoms with E-state index < -0.39 is 0 Å². The molecule has 5 aromatic carbocycles. The Morgan fingerprint density at radius 2 is 0.964 bits per heavy atom. The summed E-state index contributed by atoms with van der Waals surface area (Å²) in [5.41, 5.74) is 3.74. The van der Waals surface area contributed by atoms with Crippen LogP contribution in [0, 0.1) is 0 Å². The van der Waals surface area contributed by atoms with Gasteiger partial charge in [0.25, 0.3) is 0 Å². The molecule has 1 aliphatic rings. The van der Waals surface area contributed by atoms with E-state index in [1.165, 1.54) is 48.4 Å². The highest BCUT2D eigenvalue weighted by atomic mass is 32.2. The molecule has 0 aliphatic carbocycles. The van der Waals surface area contributed by atoms with E-state index in [4.69, 9.17) is 0 Å². The second-order valence-corrected chi connectivity index (χ2v) is 8.12. The fourth-order valence-corrected chi connectivity index (χ4v) is 5.23. The van der Waals surface area contributed by atoms with Crippen molar-refractivity contribution in [1.82, 2.24) is 0 Å². The number of nitrogens with zero attached hydrogens (tertiary/aromatic N) is 1. The topological polar surface area (TPSA) is 3.24 Å². The third kappa shape index (κ3) is 2.28. The standard InChI is InChI=1S/C26H17NS/c1-3-11-20-18(9-1)17-19-10-2-4-12-21(19)26(20)27-22-13-5-7-15-24(22)28-25-16-8-6-14-23(25)27/h1-17H. The number of para-hydroxylation sites is 2. The molecule has 0 amide bonds. The molecule has 0 aromatic heterocycles. The quantitative estimate of drug-likeness (QED) is 0.268. The number of benzene rings is 5. The average Bonchev–Trinajstić information content (AvgIpc) is 2.76. The van der Waals surface area contributed by atoms with Crippen LogP contribution in [0.15, 0.2) is 113 Å². The monoisotopic (exact) mass is 375 g/mol. The molecule has 0 bridgehead atoms. The number of hydrogen-bond acceptors (Lipinski definition) is 2. The van der Waals surface area contributed by atoms with E-state index in [0.29, 0.717) is 0 Å². The van der Waals surface area contributed by atoms with E-state index in [0.717, 1.165) is 0 Å². The highest BCUT2D eigenvalue weighted by Gasteiger charge is 2.26. The summed E-state index contributed by atoms with van der Waals surface area (Å²) in [6.45, 7) is 0. The molecular formula is C26H17NS. The number of anilines is 3. The Morgan fingerprint density at radius 3 is 1.54 bits per heavy atom. The second-order valence-electron chi connectivity index (χ2n) is 7.04. The minimum Gasteiger partial charge on any atom is -0.307 e. The average molecular weight is 375 g/mol. The zero-order valence-electron chi connectivity index (χ0n) is 15.2. The number of rotatable bonds is 1. The molecule has 0 atom stereocenters. The molecule has 0 radical (unpaired) electrons. The maximum absolute atomic E-state index is 2.45. The smallest absolute Gasteiger partial charge is 0.0619 e. The highest BCUT2D eigenvalue weighted by molar-refractivity contribution is 7.99. The Kier molecular flexibility index (Phi) is 3.47. The van der Waals surface area contributed by atoms with Crippen LogP contribution in [0.4, 0.5) is 17.1 Å². The number of hydrogen-bond donors (Lipinski definition) is 0. The van der Waals surface area contributed by atoms with Crippen molar-refractivity contribution in [2.75, 3.05) is 4.90 Å². The third-order valence-corrected chi connectivity index (χ3v) is 6.53. The summed E-state index contributed by atoms with van der Waals surface area (Å²) in [5, 5.41) is 5.09. The minimum absolute atomic E-state index is 1.24. The molecule has 0 saturated carbocycles. The molecule has 0 saturated heterocycles. The first-order valence-corrected chi connectivity index (χ1v) is 10.3. The van der Waals surface area contributed by atoms with Gasteiger partial charge in [0, 0.05) is 20.6 Å². The third-order valence-electron chi connectivity index (χ3n) is 5.40. The fraction of sp³-hybridized carbons (Fsp3) is 0. The summed E-state index contributed by atoms with van der Waals surface area (Å²) >= 11 is 1.85. The lowest BCUT2D eigenvalue weighted by atomic mass is 9.99. The lowest BCUT2D eigenvalue weighted by molar-refractivity contribution is 1.18. The van der Waals surface area contributed by atoms with Crippen LogP contribution >= 0.6 is 11.8 Å². The summed E-state index contributed by atoms with van der Waals surface area (Å²) in [5.74, 6) is 0. The van der Waals surface area contributed by atoms with Gasteiger partial charge in [-0.3, -0.25) is 0 Å². The summed E-state index contributed by atoms with van der Waals surface area (Å²) < 4.78 is 0. The van der Waals surface area contributed by atoms with Crippen molar-refractivity contribution >= 4 is 50.4 Å². The molecule has 132 valence electrons. The molecule has 0 unspecified atom stereocenters. The fourth-order valence-electron chi connectivity index (χ4n) is 4.18. The van der Waals surface area contributed by atoms with Gasteiger partial charge >= 0.3 is 0 Å². The van der Waals surface area contributed by atoms with Crippen LogP contribution in [0.3, 0.4) is 0 Å². The normalized spacial score (nSPS) is 12.8. The zero-order chi connectivity index (χ0) is 18.5. The minimum atomic E-state index is 1.24. The van der Waals surface area contributed by atoms with Gasteiger partial charge in [-0.25, -0.2) is 0 Å². The van der Waals surface area contributed by atoms with Crippen molar-refractivity contribution in [2.24, 2.45) is 0 Å². The van der Waals surface area contributed by atoms with Gasteiger partial charge in [-0.1, -0.05) is 84.6 Å². The van der Waals surface area contributed by atoms with Gasteiger partial charge in [-0.15, -0.1) is 0 Å². The Balaban J connectivity index is 1.79. The van der Waals surface area contributed by atoms with Crippen LogP contribution in [-0.4, -0.2) is 0 Å². The van der Waals surface area contributed by atoms with E-state index in [1.54, 1.807) is 0 Å². The zero-order valence-corrected chi connectivity index (χ0v) is 16.0. The molecule has 1 heterocycles. The van der Waals surface area contributed by atoms with Gasteiger partial charge in [0.2, 0.25) is 0 Å². The van der Waals surface area contributed by atoms with Crippen molar-refractivity contribution in [1.29, 1.82) is 0 Å². The maximum Gasteiger partial charge on any atom is 0.0619 e. The molecular weight excluding hydrogens is 358 g/mol. The van der Waals surface area contributed by atoms with Crippen LogP contribution in [0.2, 0.25) is 0 Å². The Hall–Kier alpha value is -3.23. The Bertz CT molecular complexity index is 1260. The first-order chi connectivity index (χ1) is 13.9. The summed E-state index contributed by atoms with van der Waals surface area (Å²) in [7, 11) is 0. The van der Waals surface area contributed by atoms with Gasteiger partial charge < -0.3 is 4.90 Å². The van der Waals surface area contributed by atoms with E-state index in [-0.39, 0.29) is 0 Å². The van der Waals surface area contributed by atoms with Crippen LogP contribution in [-0.2, 0) is 0 Å². The van der Waals surface area contributed by atoms with Crippen molar-refractivity contribution in [3.8, 4) is 0 Å². The summed E-state index contributed by atoms with van der Waals surface area (Å²) in [6.07, 6.45) is 0. The highest BCUT2D eigenvalue weighted by Crippen LogP contribution is 2.53. The van der Waals surface area contributed by atoms with Gasteiger partial charge in [0.05, 0.1) is 17.1 Å². The summed E-state index contributed by atoms with van der Waals surface area (Å²) in [4.78, 5) is 5.03. The molecule has 2 heteroatoms. The molecule has 0 N–H and O–H groups in total. The Labute approximate surface area is 168 Å². The van der Waals surface area contributed by atoms with Crippen molar-refractivity contribution in [2.45, 2.75) is 9.79 Å². The van der Waals surface area contributed by atoms with Crippen LogP contribution < -0.4 is 4.90 Å². The van der Waals surface area contributed by atoms with Crippen molar-refractivity contribution in [3.63, 3.8) is 0 Å². The van der Waals surface area contributed by atoms with E-state index in [2.05, 4.69) is 108 Å². The van der Waals surface area contributed by atoms with Gasteiger partial charge in [-0.2, -0.15) is 0 Å². The van der Waals surface area contributed by atoms with Crippen LogP contribution in [0.5, 0.6) is 0 Å². The summed E-state index contributed by atoms with van der Waals surface area (Å²) in [6, 6.07) is 37.1. The van der Waals surface area contributed by atoms with Crippen molar-refractivity contribution < 1.29 is 0 Å². The largest absolute Gasteiger partial charge is 0.307 e. The lowest BCUT2D eigenvalue weighted by Gasteiger charge is -2.34. The van der Waals surface area contributed by atoms with E-state index >= 15 is 0 Å². The van der Waals surface area contributed by atoms with Gasteiger partial charge in [-0.05, 0) is 41.1 Å². The Morgan fingerprint density at radius 1 is 0.500 bits per heavy atom. The molecule has 1 aliphatic heterocycles. The van der Waals surface area contributed by atoms with Crippen LogP contribution in [0.1, 0.15) is 0 Å². The lowest BCUT2D eigenvalue weighted by Crippen LogP contribution is -2.15. The second kappa shape index (κ2) is 6.15. The predicted molar refractivity (Wildman–Crippen MR) is 120 cm³/mol. The van der Waals surface area contributed by atoms with E-state index in [1.807, 2.05) is 11.8 Å². The molecule has 28 heavy (non-hydrogen) atoms. The predicted octanol–water partition coefficient (Wildman–Crippen LogP) is 7.93. The first-order valence-electron chi connectivity index (χ1n) is 9.47. The van der Waals surface area contributed by atoms with Crippen molar-refractivity contribution in [3.05, 3.63) is 103 Å². The maximum atomic E-state index is 2.45. The first kappa shape index (κ1) is 15.8. The van der Waals surface area contributed by atoms with Gasteiger partial charge in [0.1, 0.15) is 0 Å². The SMILES string of the molecule is c1ccc2c(c1)Sc1ccccc1N2c1c2ccccc2cc2ccccc12. The molecule has 1 nitrogen and oxygen atoms in total. The molecule has 6 rings (SSSR count).